The monoisotopic (exact) mass is 462 g/mol. The maximum atomic E-state index is 12.9. The van der Waals surface area contributed by atoms with E-state index in [1.807, 2.05) is 6.92 Å². The van der Waals surface area contributed by atoms with Crippen molar-refractivity contribution in [2.24, 2.45) is 7.05 Å². The molecule has 4 rings (SSSR count). The molecule has 1 aliphatic heterocycles. The standard InChI is InChI=1S/C19H26N8O4S/c1-4-31-17(28)6-5-15-14(2)23-19-20-12-22-27(19)18(15)25-7-9-26(10-8-25)32(29,30)16-11-24(3)13-21-16/h11-13H,4-10H2,1-3H3. The smallest absolute Gasteiger partial charge is 0.306 e. The summed E-state index contributed by atoms with van der Waals surface area (Å²) in [6.45, 7) is 5.49. The molecule has 12 nitrogen and oxygen atoms in total. The van der Waals surface area contributed by atoms with Crippen molar-refractivity contribution in [3.8, 4) is 0 Å². The number of hydrogen-bond donors (Lipinski definition) is 0. The Morgan fingerprint density at radius 1 is 1.19 bits per heavy atom. The molecule has 1 fully saturated rings. The number of carbonyl (C=O) groups is 1. The first-order valence-corrected chi connectivity index (χ1v) is 11.8. The fourth-order valence-electron chi connectivity index (χ4n) is 3.84. The lowest BCUT2D eigenvalue weighted by Gasteiger charge is -2.36. The van der Waals surface area contributed by atoms with E-state index in [1.54, 1.807) is 23.1 Å². The van der Waals surface area contributed by atoms with Crippen LogP contribution in [0.3, 0.4) is 0 Å². The van der Waals surface area contributed by atoms with E-state index in [1.165, 1.54) is 23.2 Å². The highest BCUT2D eigenvalue weighted by Gasteiger charge is 2.32. The number of nitrogens with zero attached hydrogens (tertiary/aromatic N) is 8. The predicted octanol–water partition coefficient (Wildman–Crippen LogP) is 0.173. The van der Waals surface area contributed by atoms with Crippen molar-refractivity contribution >= 4 is 27.6 Å². The summed E-state index contributed by atoms with van der Waals surface area (Å²) in [4.78, 5) is 26.7. The van der Waals surface area contributed by atoms with Gasteiger partial charge in [-0.25, -0.2) is 18.4 Å². The van der Waals surface area contributed by atoms with Crippen molar-refractivity contribution in [3.63, 3.8) is 0 Å². The van der Waals surface area contributed by atoms with Gasteiger partial charge in [0.2, 0.25) is 0 Å². The number of aryl methyl sites for hydroxylation is 2. The average Bonchev–Trinajstić information content (AvgIpc) is 3.41. The van der Waals surface area contributed by atoms with Crippen LogP contribution in [0.2, 0.25) is 0 Å². The summed E-state index contributed by atoms with van der Waals surface area (Å²) in [7, 11) is -1.93. The highest BCUT2D eigenvalue weighted by atomic mass is 32.2. The molecule has 172 valence electrons. The van der Waals surface area contributed by atoms with Crippen molar-refractivity contribution in [3.05, 3.63) is 30.1 Å². The summed E-state index contributed by atoms with van der Waals surface area (Å²) in [5, 5.41) is 4.36. The number of anilines is 1. The van der Waals surface area contributed by atoms with Gasteiger partial charge >= 0.3 is 5.97 Å². The third-order valence-electron chi connectivity index (χ3n) is 5.41. The van der Waals surface area contributed by atoms with Crippen LogP contribution in [0, 0.1) is 6.92 Å². The minimum Gasteiger partial charge on any atom is -0.466 e. The molecule has 4 heterocycles. The lowest BCUT2D eigenvalue weighted by Crippen LogP contribution is -2.49. The minimum absolute atomic E-state index is 0.0435. The molecule has 0 bridgehead atoms. The van der Waals surface area contributed by atoms with Crippen LogP contribution in [0.4, 0.5) is 5.82 Å². The van der Waals surface area contributed by atoms with Crippen molar-refractivity contribution in [2.45, 2.75) is 31.7 Å². The number of carbonyl (C=O) groups excluding carboxylic acids is 1. The number of piperazine rings is 1. The van der Waals surface area contributed by atoms with Crippen LogP contribution in [-0.4, -0.2) is 80.6 Å². The van der Waals surface area contributed by atoms with Crippen LogP contribution in [0.5, 0.6) is 0 Å². The molecule has 32 heavy (non-hydrogen) atoms. The van der Waals surface area contributed by atoms with Gasteiger partial charge in [0, 0.05) is 57.1 Å². The number of imidazole rings is 1. The SMILES string of the molecule is CCOC(=O)CCc1c(C)nc2ncnn2c1N1CCN(S(=O)(=O)c2cn(C)cn2)CC1. The van der Waals surface area contributed by atoms with Crippen molar-refractivity contribution < 1.29 is 17.9 Å². The molecule has 0 atom stereocenters. The van der Waals surface area contributed by atoms with Gasteiger partial charge in [0.1, 0.15) is 12.1 Å². The number of sulfonamides is 1. The molecule has 1 aliphatic rings. The summed E-state index contributed by atoms with van der Waals surface area (Å²) in [5.74, 6) is 0.966. The van der Waals surface area contributed by atoms with E-state index in [9.17, 15) is 13.2 Å². The minimum atomic E-state index is -3.66. The van der Waals surface area contributed by atoms with Gasteiger partial charge in [-0.05, 0) is 20.3 Å². The predicted molar refractivity (Wildman–Crippen MR) is 115 cm³/mol. The number of esters is 1. The Morgan fingerprint density at radius 3 is 2.59 bits per heavy atom. The Kier molecular flexibility index (Phi) is 6.11. The van der Waals surface area contributed by atoms with E-state index >= 15 is 0 Å². The van der Waals surface area contributed by atoms with Crippen LogP contribution < -0.4 is 4.90 Å². The van der Waals surface area contributed by atoms with Gasteiger partial charge in [-0.15, -0.1) is 0 Å². The second-order valence-electron chi connectivity index (χ2n) is 7.54. The van der Waals surface area contributed by atoms with Gasteiger partial charge < -0.3 is 14.2 Å². The first-order valence-electron chi connectivity index (χ1n) is 10.4. The van der Waals surface area contributed by atoms with E-state index in [2.05, 4.69) is 25.0 Å². The van der Waals surface area contributed by atoms with Crippen LogP contribution in [0.1, 0.15) is 24.6 Å². The third kappa shape index (κ3) is 4.17. The largest absolute Gasteiger partial charge is 0.466 e. The fraction of sp³-hybridized carbons (Fsp3) is 0.526. The third-order valence-corrected chi connectivity index (χ3v) is 7.20. The van der Waals surface area contributed by atoms with Gasteiger partial charge in [-0.3, -0.25) is 4.79 Å². The lowest BCUT2D eigenvalue weighted by atomic mass is 10.1. The van der Waals surface area contributed by atoms with Crippen LogP contribution >= 0.6 is 0 Å². The van der Waals surface area contributed by atoms with Crippen LogP contribution in [0.15, 0.2) is 23.9 Å². The number of hydrogen-bond acceptors (Lipinski definition) is 9. The molecule has 0 unspecified atom stereocenters. The molecule has 13 heteroatoms. The molecular formula is C19H26N8O4S. The number of aromatic nitrogens is 6. The molecule has 0 spiro atoms. The molecule has 0 amide bonds. The molecule has 0 N–H and O–H groups in total. The molecule has 0 saturated carbocycles. The maximum Gasteiger partial charge on any atom is 0.306 e. The summed E-state index contributed by atoms with van der Waals surface area (Å²) >= 11 is 0. The zero-order valence-electron chi connectivity index (χ0n) is 18.3. The Balaban J connectivity index is 1.59. The van der Waals surface area contributed by atoms with Gasteiger partial charge in [0.15, 0.2) is 5.03 Å². The normalized spacial score (nSPS) is 15.4. The molecule has 1 saturated heterocycles. The Morgan fingerprint density at radius 2 is 1.94 bits per heavy atom. The highest BCUT2D eigenvalue weighted by Crippen LogP contribution is 2.27. The zero-order valence-corrected chi connectivity index (χ0v) is 19.1. The van der Waals surface area contributed by atoms with E-state index in [4.69, 9.17) is 4.74 Å². The molecule has 3 aromatic rings. The quantitative estimate of drug-likeness (QED) is 0.451. The highest BCUT2D eigenvalue weighted by molar-refractivity contribution is 7.89. The Bertz CT molecular complexity index is 1230. The van der Waals surface area contributed by atoms with E-state index < -0.39 is 10.0 Å². The summed E-state index contributed by atoms with van der Waals surface area (Å²) in [6, 6.07) is 0. The Labute approximate surface area is 185 Å². The first-order chi connectivity index (χ1) is 15.3. The van der Waals surface area contributed by atoms with Crippen LogP contribution in [0.25, 0.3) is 5.78 Å². The fourth-order valence-corrected chi connectivity index (χ4v) is 5.23. The number of ether oxygens (including phenoxy) is 1. The van der Waals surface area contributed by atoms with Crippen molar-refractivity contribution in [1.29, 1.82) is 0 Å². The number of rotatable bonds is 7. The topological polar surface area (TPSA) is 128 Å². The maximum absolute atomic E-state index is 12.9. The van der Waals surface area contributed by atoms with Crippen molar-refractivity contribution in [1.82, 2.24) is 33.4 Å². The second kappa shape index (κ2) is 8.82. The summed E-state index contributed by atoms with van der Waals surface area (Å²) < 4.78 is 35.6. The van der Waals surface area contributed by atoms with E-state index in [-0.39, 0.29) is 17.4 Å². The average molecular weight is 463 g/mol. The van der Waals surface area contributed by atoms with E-state index in [0.29, 0.717) is 45.0 Å². The van der Waals surface area contributed by atoms with Gasteiger partial charge in [0.25, 0.3) is 15.8 Å². The molecule has 0 aliphatic carbocycles. The van der Waals surface area contributed by atoms with Crippen molar-refractivity contribution in [2.75, 3.05) is 37.7 Å². The van der Waals surface area contributed by atoms with Gasteiger partial charge in [-0.1, -0.05) is 0 Å². The van der Waals surface area contributed by atoms with E-state index in [0.717, 1.165) is 17.1 Å². The zero-order chi connectivity index (χ0) is 22.9. The van der Waals surface area contributed by atoms with Gasteiger partial charge in [-0.2, -0.15) is 18.9 Å². The van der Waals surface area contributed by atoms with Gasteiger partial charge in [0.05, 0.1) is 12.9 Å². The molecule has 3 aromatic heterocycles. The first kappa shape index (κ1) is 22.1. The molecule has 0 radical (unpaired) electrons. The second-order valence-corrected chi connectivity index (χ2v) is 9.43. The summed E-state index contributed by atoms with van der Waals surface area (Å²) in [5.41, 5.74) is 1.63. The lowest BCUT2D eigenvalue weighted by molar-refractivity contribution is -0.143. The molecular weight excluding hydrogens is 436 g/mol. The Hall–Kier alpha value is -3.06. The van der Waals surface area contributed by atoms with Crippen LogP contribution in [-0.2, 0) is 33.0 Å². The summed E-state index contributed by atoms with van der Waals surface area (Å²) in [6.07, 6.45) is 5.07. The molecule has 0 aromatic carbocycles. The number of fused-ring (bicyclic) bond motifs is 1.